The van der Waals surface area contributed by atoms with Gasteiger partial charge in [-0.25, -0.2) is 9.67 Å². The van der Waals surface area contributed by atoms with Gasteiger partial charge in [0.05, 0.1) is 56.2 Å². The van der Waals surface area contributed by atoms with Crippen LogP contribution in [0, 0.1) is 0 Å². The fourth-order valence-corrected chi connectivity index (χ4v) is 18.1. The van der Waals surface area contributed by atoms with E-state index in [9.17, 15) is 69.0 Å². The Morgan fingerprint density at radius 1 is 0.632 bits per heavy atom. The van der Waals surface area contributed by atoms with E-state index in [2.05, 4.69) is 83.6 Å². The number of carboxylic acids is 1. The number of nitrogens with two attached hydrogens (primary N) is 1. The molecule has 3 aromatic carbocycles. The number of hydrogen-bond donors (Lipinski definition) is 19. The maximum atomic E-state index is 15.7. The van der Waals surface area contributed by atoms with Crippen LogP contribution in [0.15, 0.2) is 96.9 Å². The van der Waals surface area contributed by atoms with Gasteiger partial charge in [0, 0.05) is 99.6 Å². The zero-order valence-corrected chi connectivity index (χ0v) is 76.2. The van der Waals surface area contributed by atoms with Crippen LogP contribution >= 0.6 is 23.1 Å². The quantitative estimate of drug-likeness (QED) is 0.0212. The SMILES string of the molecule is CCCC[C@H]1C(=O)N(C)[C@@H](CCCC)C(=O)N[C@@H](C)C(=O)N[C@H](C(=O)NCC(O)O)CSCC(=O)NC(Cc2ccc(O)cc2)c2nnnn2[C@@H](C)C(=O)N[C@@H](CC(=O)O)C(=O)N2CCC[C@H]2C(=O)N[C@@H](Cc2c[nH]cn2)C(=O)N[C@@H](CCCOCN)C(=O)N2C[C@H](O)C[C@H]2C(=O)N[C@@H](Cc2c[nH]c3ccccc23)C(=O)N[C@@H](CO)C(=O)N[C@@H](Cc2csc3ccccc23)C(=O)N1C. The summed E-state index contributed by atoms with van der Waals surface area (Å²) in [6, 6.07) is -1.64. The van der Waals surface area contributed by atoms with E-state index >= 15 is 33.6 Å². The van der Waals surface area contributed by atoms with Crippen LogP contribution in [-0.4, -0.2) is 324 Å². The van der Waals surface area contributed by atoms with Gasteiger partial charge in [0.15, 0.2) is 12.1 Å². The number of likely N-dealkylation sites (N-methyl/N-ethyl adjacent to an activating group) is 2. The molecule has 0 radical (unpaired) electrons. The van der Waals surface area contributed by atoms with Crippen LogP contribution < -0.4 is 58.9 Å². The first-order valence-electron chi connectivity index (χ1n) is 44.1. The number of phenolic OH excluding ortho intramolecular Hbond substituents is 1. The second kappa shape index (κ2) is 49.2. The first kappa shape index (κ1) is 103. The summed E-state index contributed by atoms with van der Waals surface area (Å²) in [6.45, 7) is 3.52. The van der Waals surface area contributed by atoms with Crippen LogP contribution in [0.2, 0.25) is 0 Å². The lowest BCUT2D eigenvalue weighted by Crippen LogP contribution is -2.61. The number of benzene rings is 3. The monoisotopic (exact) mass is 1890 g/mol. The molecule has 1 unspecified atom stereocenters. The van der Waals surface area contributed by atoms with Crippen LogP contribution in [0.5, 0.6) is 5.75 Å². The van der Waals surface area contributed by atoms with Gasteiger partial charge in [-0.05, 0) is 115 Å². The minimum atomic E-state index is -2.06. The second-order valence-electron chi connectivity index (χ2n) is 33.1. The number of rotatable bonds is 25. The maximum absolute atomic E-state index is 15.7. The molecule has 14 amide bonds. The normalized spacial score (nSPS) is 24.8. The molecular formula is C87H118N22O22S2. The summed E-state index contributed by atoms with van der Waals surface area (Å²) in [6.07, 6.45) is 0.104. The number of hydrogen-bond acceptors (Lipinski definition) is 28. The van der Waals surface area contributed by atoms with Crippen LogP contribution in [0.1, 0.15) is 145 Å². The van der Waals surface area contributed by atoms with Crippen LogP contribution in [0.3, 0.4) is 0 Å². The smallest absolute Gasteiger partial charge is 0.305 e. The summed E-state index contributed by atoms with van der Waals surface area (Å²) in [4.78, 5) is 237. The number of carboxylic acid groups (broad SMARTS) is 1. The van der Waals surface area contributed by atoms with Gasteiger partial charge in [0.25, 0.3) is 0 Å². The number of aromatic hydroxyl groups is 1. The zero-order chi connectivity index (χ0) is 96.3. The number of H-pyrrole nitrogens is 2. The average Bonchev–Trinajstić information content (AvgIpc) is 1.78. The van der Waals surface area contributed by atoms with E-state index in [0.29, 0.717) is 58.7 Å². The van der Waals surface area contributed by atoms with Gasteiger partial charge in [-0.2, -0.15) is 0 Å². The molecule has 44 nitrogen and oxygen atoms in total. The number of aliphatic hydroxyl groups excluding tert-OH is 3. The number of unbranched alkanes of at least 4 members (excludes halogenated alkanes) is 2. The standard InChI is InChI=1S/C87H118N22O22S2/c1-7-9-21-66-81(124)93-47(3)75(118)101-65(77(120)91-39-73(116)117)43-132-44-71(113)94-59(31-49-25-27-53(111)28-26-49)74-102-103-104-109(74)48(4)76(119)98-63(36-72(114)115)86(129)107-29-15-23-67(107)82(125)97-61(34-52-38-89-46-92-52)79(122)95-58(20-16-30-131-45-88)85(128)108-40-54(112)35-69(108)83(126)96-60(32-50-37-90-57-19-13-11-17-55(50)57)78(121)100-64(41-110)80(123)99-62(33-51-42-133-70-24-14-12-18-56(51)70)84(127)106(6)68(22-10-8-2)87(130)105(66)5/h11-14,17-19,24-28,37-38,42,46-48,54,58-69,73,90,110-112,116-117H,7-10,15-16,20-23,29-36,39-41,43-45,88H2,1-6H3,(H,89,92)(H,91,120)(H,93,124)(H,94,113)(H,95,122)(H,96,126)(H,97,125)(H,98,119)(H,99,123)(H,100,121)(H,101,118)(H,114,115)/t47-,48-,54+,58-,59?,60-,61-,62-,63-,64-,65-,66-,67-,68-,69-/m0/s1. The van der Waals surface area contributed by atoms with Gasteiger partial charge >= 0.3 is 5.97 Å². The van der Waals surface area contributed by atoms with Crippen molar-refractivity contribution in [3.63, 3.8) is 0 Å². The highest BCUT2D eigenvalue weighted by atomic mass is 32.2. The minimum absolute atomic E-state index is 0.0196. The molecule has 7 aromatic rings. The van der Waals surface area contributed by atoms with E-state index < -0.39 is 224 Å². The molecule has 0 bridgehead atoms. The van der Waals surface area contributed by atoms with E-state index in [4.69, 9.17) is 10.5 Å². The highest BCUT2D eigenvalue weighted by Crippen LogP contribution is 2.31. The summed E-state index contributed by atoms with van der Waals surface area (Å²) in [5.74, 6) is -15.9. The summed E-state index contributed by atoms with van der Waals surface area (Å²) < 4.78 is 7.24. The Morgan fingerprint density at radius 3 is 1.95 bits per heavy atom. The molecule has 0 aliphatic carbocycles. The lowest BCUT2D eigenvalue weighted by molar-refractivity contribution is -0.149. The first-order chi connectivity index (χ1) is 63.7. The lowest BCUT2D eigenvalue weighted by atomic mass is 10.00. The highest BCUT2D eigenvalue weighted by Gasteiger charge is 2.47. The minimum Gasteiger partial charge on any atom is -0.508 e. The Labute approximate surface area is 773 Å². The molecule has 0 saturated carbocycles. The van der Waals surface area contributed by atoms with Crippen LogP contribution in [-0.2, 0) is 102 Å². The van der Waals surface area contributed by atoms with Crippen molar-refractivity contribution in [3.05, 3.63) is 125 Å². The molecule has 7 heterocycles. The number of amides is 14. The number of aromatic amines is 2. The van der Waals surface area contributed by atoms with Gasteiger partial charge in [0.2, 0.25) is 82.7 Å². The molecule has 15 atom stereocenters. The summed E-state index contributed by atoms with van der Waals surface area (Å²) in [5.41, 5.74) is 8.06. The number of thioether (sulfide) groups is 1. The number of tetrazole rings is 1. The van der Waals surface area contributed by atoms with Crippen molar-refractivity contribution in [1.29, 1.82) is 0 Å². The van der Waals surface area contributed by atoms with Crippen molar-refractivity contribution >= 4 is 133 Å². The fraction of sp³-hybridized carbons (Fsp3) is 0.529. The molecule has 0 spiro atoms. The predicted molar refractivity (Wildman–Crippen MR) is 481 cm³/mol. The number of ether oxygens (including phenoxy) is 1. The largest absolute Gasteiger partial charge is 0.508 e. The van der Waals surface area contributed by atoms with Gasteiger partial charge in [-0.3, -0.25) is 71.9 Å². The van der Waals surface area contributed by atoms with E-state index in [1.807, 2.05) is 32.0 Å². The fourth-order valence-electron chi connectivity index (χ4n) is 16.2. The third-order valence-electron chi connectivity index (χ3n) is 23.5. The topological polar surface area (TPSA) is 634 Å². The Kier molecular flexibility index (Phi) is 37.9. The van der Waals surface area contributed by atoms with E-state index in [0.717, 1.165) is 40.7 Å². The molecule has 2 fully saturated rings. The van der Waals surface area contributed by atoms with Crippen molar-refractivity contribution < 1.29 is 107 Å². The van der Waals surface area contributed by atoms with E-state index in [-0.39, 0.29) is 107 Å². The number of aliphatic carboxylic acids is 1. The van der Waals surface area contributed by atoms with E-state index in [1.54, 1.807) is 41.9 Å². The van der Waals surface area contributed by atoms with Crippen LogP contribution in [0.4, 0.5) is 0 Å². The molecule has 20 N–H and O–H groups in total. The Bertz CT molecular complexity index is 5210. The molecular weight excluding hydrogens is 1770 g/mol. The Hall–Kier alpha value is -12.6. The second-order valence-corrected chi connectivity index (χ2v) is 35.1. The number of para-hydroxylation sites is 1. The number of aliphatic hydroxyl groups is 4. The van der Waals surface area contributed by atoms with Gasteiger partial charge in [0.1, 0.15) is 84.3 Å². The number of carbonyl (C=O) groups is 15. The summed E-state index contributed by atoms with van der Waals surface area (Å²) >= 11 is 2.16. The molecule has 133 heavy (non-hydrogen) atoms. The predicted octanol–water partition coefficient (Wildman–Crippen LogP) is -2.27. The molecule has 2 saturated heterocycles. The molecule has 46 heteroatoms. The molecule has 3 aliphatic rings. The number of carbonyl (C=O) groups excluding carboxylic acids is 14. The number of imidazole rings is 1. The number of thiophene rings is 1. The number of phenols is 1. The van der Waals surface area contributed by atoms with Crippen molar-refractivity contribution in [2.24, 2.45) is 5.73 Å². The molecule has 4 aromatic heterocycles. The molecule has 3 aliphatic heterocycles. The van der Waals surface area contributed by atoms with Crippen LogP contribution in [0.25, 0.3) is 21.0 Å². The van der Waals surface area contributed by atoms with Crippen molar-refractivity contribution in [1.82, 2.24) is 108 Å². The lowest BCUT2D eigenvalue weighted by Gasteiger charge is -2.36. The van der Waals surface area contributed by atoms with Crippen molar-refractivity contribution in [2.45, 2.75) is 227 Å². The zero-order valence-electron chi connectivity index (χ0n) is 74.6. The Balaban J connectivity index is 1.01. The highest BCUT2D eigenvalue weighted by molar-refractivity contribution is 8.00. The number of fused-ring (bicyclic) bond motifs is 5. The summed E-state index contributed by atoms with van der Waals surface area (Å²) in [5, 5.41) is 104. The summed E-state index contributed by atoms with van der Waals surface area (Å²) in [7, 11) is 2.72. The Morgan fingerprint density at radius 2 is 1.26 bits per heavy atom. The third-order valence-corrected chi connectivity index (χ3v) is 25.5. The van der Waals surface area contributed by atoms with E-state index in [1.165, 1.54) is 76.1 Å². The first-order valence-corrected chi connectivity index (χ1v) is 46.1. The van der Waals surface area contributed by atoms with Gasteiger partial charge in [-0.1, -0.05) is 88.1 Å². The molecule has 10 rings (SSSR count). The van der Waals surface area contributed by atoms with Crippen molar-refractivity contribution in [3.8, 4) is 5.75 Å². The van der Waals surface area contributed by atoms with Crippen molar-refractivity contribution in [2.75, 3.05) is 65.2 Å². The van der Waals surface area contributed by atoms with Gasteiger partial charge in [-0.15, -0.1) is 28.2 Å². The number of nitrogens with one attached hydrogen (secondary N) is 12. The molecule has 720 valence electrons. The average molecular weight is 1890 g/mol. The van der Waals surface area contributed by atoms with Gasteiger partial charge < -0.3 is 124 Å². The number of nitrogens with zero attached hydrogens (tertiary/aromatic N) is 9. The maximum Gasteiger partial charge on any atom is 0.305 e. The third kappa shape index (κ3) is 27.8. The number of aromatic nitrogens is 7.